The highest BCUT2D eigenvalue weighted by Gasteiger charge is 2.32. The number of nitrogens with zero attached hydrogens (tertiary/aromatic N) is 6. The average Bonchev–Trinajstić information content (AvgIpc) is 3.27. The van der Waals surface area contributed by atoms with Crippen LogP contribution in [0.5, 0.6) is 0 Å². The van der Waals surface area contributed by atoms with Crippen LogP contribution >= 0.6 is 0 Å². The van der Waals surface area contributed by atoms with Crippen molar-refractivity contribution in [3.63, 3.8) is 0 Å². The molecule has 1 atom stereocenters. The first kappa shape index (κ1) is 21.4. The lowest BCUT2D eigenvalue weighted by Gasteiger charge is -2.39. The molecule has 1 aliphatic heterocycles. The van der Waals surface area contributed by atoms with Crippen LogP contribution in [-0.2, 0) is 5.54 Å². The lowest BCUT2D eigenvalue weighted by atomic mass is 10.0. The lowest BCUT2D eigenvalue weighted by Crippen LogP contribution is -2.48. The first-order valence-corrected chi connectivity index (χ1v) is 11.0. The van der Waals surface area contributed by atoms with E-state index in [1.807, 2.05) is 4.68 Å². The third kappa shape index (κ3) is 5.27. The Labute approximate surface area is 185 Å². The fraction of sp³-hybridized carbons (Fsp3) is 0.400. The van der Waals surface area contributed by atoms with Gasteiger partial charge in [0.2, 0.25) is 0 Å². The summed E-state index contributed by atoms with van der Waals surface area (Å²) in [5.74, 6) is 0.913. The molecule has 0 radical (unpaired) electrons. The smallest absolute Gasteiger partial charge is 0.173 e. The van der Waals surface area contributed by atoms with Gasteiger partial charge in [0.15, 0.2) is 5.82 Å². The zero-order valence-corrected chi connectivity index (χ0v) is 18.7. The van der Waals surface area contributed by atoms with Crippen molar-refractivity contribution in [1.82, 2.24) is 30.0 Å². The second-order valence-electron chi connectivity index (χ2n) is 9.08. The molecule has 6 heteroatoms. The van der Waals surface area contributed by atoms with E-state index in [2.05, 4.69) is 119 Å². The first-order valence-electron chi connectivity index (χ1n) is 11.0. The minimum Gasteiger partial charge on any atom is -0.297 e. The summed E-state index contributed by atoms with van der Waals surface area (Å²) in [7, 11) is 0. The van der Waals surface area contributed by atoms with Gasteiger partial charge in [-0.3, -0.25) is 9.80 Å². The molecule has 2 aromatic carbocycles. The van der Waals surface area contributed by atoms with Gasteiger partial charge in [-0.15, -0.1) is 5.10 Å². The molecule has 3 aromatic rings. The SMILES string of the molecule is CC(C)(C)n1nnnc1C(c1ccccc1)N1CCN(C/C=C/c2ccccc2)CC1. The van der Waals surface area contributed by atoms with E-state index in [4.69, 9.17) is 0 Å². The summed E-state index contributed by atoms with van der Waals surface area (Å²) in [5, 5.41) is 12.8. The van der Waals surface area contributed by atoms with Crippen molar-refractivity contribution in [2.45, 2.75) is 32.4 Å². The third-order valence-electron chi connectivity index (χ3n) is 5.73. The Kier molecular flexibility index (Phi) is 6.59. The van der Waals surface area contributed by atoms with Crippen LogP contribution in [0.1, 0.15) is 43.8 Å². The number of rotatable bonds is 6. The minimum atomic E-state index is -0.171. The number of piperazine rings is 1. The number of benzene rings is 2. The highest BCUT2D eigenvalue weighted by Crippen LogP contribution is 2.30. The summed E-state index contributed by atoms with van der Waals surface area (Å²) >= 11 is 0. The van der Waals surface area contributed by atoms with Gasteiger partial charge in [0.25, 0.3) is 0 Å². The van der Waals surface area contributed by atoms with Crippen molar-refractivity contribution in [2.24, 2.45) is 0 Å². The minimum absolute atomic E-state index is 0.0532. The molecule has 1 fully saturated rings. The largest absolute Gasteiger partial charge is 0.297 e. The van der Waals surface area contributed by atoms with Gasteiger partial charge in [0.1, 0.15) is 0 Å². The van der Waals surface area contributed by atoms with Gasteiger partial charge >= 0.3 is 0 Å². The molecule has 162 valence electrons. The van der Waals surface area contributed by atoms with Gasteiger partial charge in [-0.2, -0.15) is 0 Å². The molecular weight excluding hydrogens is 384 g/mol. The van der Waals surface area contributed by atoms with E-state index < -0.39 is 0 Å². The maximum absolute atomic E-state index is 4.47. The highest BCUT2D eigenvalue weighted by molar-refractivity contribution is 5.48. The van der Waals surface area contributed by atoms with E-state index in [9.17, 15) is 0 Å². The van der Waals surface area contributed by atoms with E-state index in [1.165, 1.54) is 11.1 Å². The molecule has 0 aliphatic carbocycles. The number of aromatic nitrogens is 4. The Morgan fingerprint density at radius 3 is 2.19 bits per heavy atom. The maximum Gasteiger partial charge on any atom is 0.173 e. The molecule has 1 unspecified atom stereocenters. The van der Waals surface area contributed by atoms with E-state index in [0.717, 1.165) is 38.5 Å². The number of hydrogen-bond acceptors (Lipinski definition) is 5. The van der Waals surface area contributed by atoms with Crippen LogP contribution in [-0.4, -0.2) is 62.7 Å². The van der Waals surface area contributed by atoms with Gasteiger partial charge in [0, 0.05) is 32.7 Å². The van der Waals surface area contributed by atoms with Crippen molar-refractivity contribution < 1.29 is 0 Å². The Morgan fingerprint density at radius 1 is 0.903 bits per heavy atom. The monoisotopic (exact) mass is 416 g/mol. The Bertz CT molecular complexity index is 966. The van der Waals surface area contributed by atoms with E-state index in [1.54, 1.807) is 0 Å². The predicted octanol–water partition coefficient (Wildman–Crippen LogP) is 3.85. The molecule has 31 heavy (non-hydrogen) atoms. The highest BCUT2D eigenvalue weighted by atomic mass is 15.6. The van der Waals surface area contributed by atoms with Gasteiger partial charge in [-0.05, 0) is 42.3 Å². The van der Waals surface area contributed by atoms with Crippen LogP contribution in [0.2, 0.25) is 0 Å². The summed E-state index contributed by atoms with van der Waals surface area (Å²) in [6, 6.07) is 21.1. The molecule has 1 aromatic heterocycles. The van der Waals surface area contributed by atoms with Crippen molar-refractivity contribution >= 4 is 6.08 Å². The summed E-state index contributed by atoms with van der Waals surface area (Å²) < 4.78 is 1.97. The zero-order chi connectivity index (χ0) is 21.7. The van der Waals surface area contributed by atoms with Crippen LogP contribution in [0.3, 0.4) is 0 Å². The van der Waals surface area contributed by atoms with Crippen molar-refractivity contribution in [3.05, 3.63) is 83.7 Å². The second kappa shape index (κ2) is 9.54. The standard InChI is InChI=1S/C25H32N6/c1-25(2,3)31-24(26-27-28-31)23(22-14-8-5-9-15-22)30-19-17-29(18-20-30)16-10-13-21-11-6-4-7-12-21/h4-15,23H,16-20H2,1-3H3/b13-10+. The molecule has 2 heterocycles. The summed E-state index contributed by atoms with van der Waals surface area (Å²) in [4.78, 5) is 5.02. The van der Waals surface area contributed by atoms with Gasteiger partial charge in [-0.25, -0.2) is 4.68 Å². The van der Waals surface area contributed by atoms with Crippen LogP contribution < -0.4 is 0 Å². The predicted molar refractivity (Wildman–Crippen MR) is 125 cm³/mol. The quantitative estimate of drug-likeness (QED) is 0.611. The van der Waals surface area contributed by atoms with Crippen molar-refractivity contribution in [2.75, 3.05) is 32.7 Å². The van der Waals surface area contributed by atoms with E-state index in [-0.39, 0.29) is 11.6 Å². The molecule has 6 nitrogen and oxygen atoms in total. The molecule has 1 aliphatic rings. The van der Waals surface area contributed by atoms with Gasteiger partial charge in [0.05, 0.1) is 11.6 Å². The van der Waals surface area contributed by atoms with Gasteiger partial charge < -0.3 is 0 Å². The normalized spacial score (nSPS) is 17.3. The summed E-state index contributed by atoms with van der Waals surface area (Å²) in [5.41, 5.74) is 2.31. The fourth-order valence-electron chi connectivity index (χ4n) is 4.11. The Morgan fingerprint density at radius 2 is 1.55 bits per heavy atom. The zero-order valence-electron chi connectivity index (χ0n) is 18.7. The number of hydrogen-bond donors (Lipinski definition) is 0. The Hall–Kier alpha value is -2.83. The Balaban J connectivity index is 1.47. The molecule has 1 saturated heterocycles. The van der Waals surface area contributed by atoms with Gasteiger partial charge in [-0.1, -0.05) is 72.8 Å². The maximum atomic E-state index is 4.47. The average molecular weight is 417 g/mol. The number of tetrazole rings is 1. The third-order valence-corrected chi connectivity index (χ3v) is 5.73. The molecule has 0 spiro atoms. The van der Waals surface area contributed by atoms with Crippen molar-refractivity contribution in [1.29, 1.82) is 0 Å². The second-order valence-corrected chi connectivity index (χ2v) is 9.08. The molecule has 0 N–H and O–H groups in total. The van der Waals surface area contributed by atoms with Crippen LogP contribution in [0.25, 0.3) is 6.08 Å². The molecular formula is C25H32N6. The van der Waals surface area contributed by atoms with Crippen LogP contribution in [0, 0.1) is 0 Å². The molecule has 4 rings (SSSR count). The van der Waals surface area contributed by atoms with Crippen LogP contribution in [0.4, 0.5) is 0 Å². The molecule has 0 saturated carbocycles. The molecule has 0 bridgehead atoms. The summed E-state index contributed by atoms with van der Waals surface area (Å²) in [6.07, 6.45) is 4.47. The van der Waals surface area contributed by atoms with E-state index in [0.29, 0.717) is 0 Å². The van der Waals surface area contributed by atoms with E-state index >= 15 is 0 Å². The molecule has 0 amide bonds. The topological polar surface area (TPSA) is 50.1 Å². The first-order chi connectivity index (χ1) is 15.0. The van der Waals surface area contributed by atoms with Crippen molar-refractivity contribution in [3.8, 4) is 0 Å². The summed E-state index contributed by atoms with van der Waals surface area (Å²) in [6.45, 7) is 11.4. The van der Waals surface area contributed by atoms with Crippen LogP contribution in [0.15, 0.2) is 66.7 Å². The fourth-order valence-corrected chi connectivity index (χ4v) is 4.11. The lowest BCUT2D eigenvalue weighted by molar-refractivity contribution is 0.110.